The minimum atomic E-state index is -0.684. The lowest BCUT2D eigenvalue weighted by molar-refractivity contribution is -0.380. The number of benzene rings is 1. The van der Waals surface area contributed by atoms with Crippen LogP contribution in [0.1, 0.15) is 20.0 Å². The molecule has 0 radical (unpaired) electrons. The molecule has 1 fully saturated rings. The number of rotatable bonds is 4. The van der Waals surface area contributed by atoms with Crippen LogP contribution in [0, 0.1) is 10.1 Å². The smallest absolute Gasteiger partial charge is 0.324 e. The zero-order chi connectivity index (χ0) is 20.3. The first-order chi connectivity index (χ1) is 13.3. The molecule has 1 aromatic heterocycles. The lowest BCUT2D eigenvalue weighted by Crippen LogP contribution is -2.50. The monoisotopic (exact) mass is 403 g/mol. The van der Waals surface area contributed by atoms with Crippen molar-refractivity contribution < 1.29 is 19.3 Å². The fourth-order valence-electron chi connectivity index (χ4n) is 2.83. The second-order valence-electron chi connectivity index (χ2n) is 6.05. The van der Waals surface area contributed by atoms with Gasteiger partial charge in [-0.05, 0) is 30.3 Å². The van der Waals surface area contributed by atoms with Crippen molar-refractivity contribution in [1.29, 1.82) is 0 Å². The van der Waals surface area contributed by atoms with Crippen molar-refractivity contribution in [2.45, 2.75) is 0 Å². The second kappa shape index (κ2) is 8.05. The highest BCUT2D eigenvalue weighted by Crippen LogP contribution is 2.25. The van der Waals surface area contributed by atoms with Crippen molar-refractivity contribution in [3.63, 3.8) is 0 Å². The number of thiophene rings is 1. The number of carbonyl (C=O) groups excluding carboxylic acids is 3. The number of primary amides is 1. The molecule has 28 heavy (non-hydrogen) atoms. The summed E-state index contributed by atoms with van der Waals surface area (Å²) in [5.41, 5.74) is 6.00. The van der Waals surface area contributed by atoms with E-state index in [9.17, 15) is 24.5 Å². The molecule has 0 saturated carbocycles. The Kier molecular flexibility index (Phi) is 5.54. The Labute approximate surface area is 163 Å². The Hall–Kier alpha value is -3.47. The Morgan fingerprint density at radius 2 is 1.54 bits per heavy atom. The molecule has 11 heteroatoms. The zero-order valence-corrected chi connectivity index (χ0v) is 15.5. The number of nitrogens with one attached hydrogen (secondary N) is 1. The quantitative estimate of drug-likeness (QED) is 0.591. The molecule has 1 aromatic carbocycles. The van der Waals surface area contributed by atoms with Crippen LogP contribution in [-0.4, -0.2) is 58.7 Å². The number of nitrogens with two attached hydrogens (primary N) is 1. The Morgan fingerprint density at radius 3 is 2.04 bits per heavy atom. The molecule has 2 heterocycles. The van der Waals surface area contributed by atoms with Crippen LogP contribution in [0.15, 0.2) is 36.4 Å². The summed E-state index contributed by atoms with van der Waals surface area (Å²) in [6.45, 7) is 1.41. The number of carbonyl (C=O) groups is 3. The molecule has 3 rings (SSSR count). The summed E-state index contributed by atoms with van der Waals surface area (Å²) in [7, 11) is 0. The first-order valence-corrected chi connectivity index (χ1v) is 9.16. The molecular weight excluding hydrogens is 386 g/mol. The fourth-order valence-corrected chi connectivity index (χ4v) is 3.62. The van der Waals surface area contributed by atoms with E-state index in [-0.39, 0.29) is 16.8 Å². The maximum Gasteiger partial charge on any atom is 0.324 e. The molecule has 0 unspecified atom stereocenters. The van der Waals surface area contributed by atoms with Crippen LogP contribution >= 0.6 is 11.3 Å². The summed E-state index contributed by atoms with van der Waals surface area (Å²) in [6.07, 6.45) is 0. The molecule has 0 spiro atoms. The van der Waals surface area contributed by atoms with Gasteiger partial charge in [-0.25, -0.2) is 4.79 Å². The van der Waals surface area contributed by atoms with Crippen LogP contribution in [-0.2, 0) is 0 Å². The van der Waals surface area contributed by atoms with E-state index in [1.54, 1.807) is 34.1 Å². The average Bonchev–Trinajstić information content (AvgIpc) is 3.18. The Balaban J connectivity index is 1.58. The van der Waals surface area contributed by atoms with Gasteiger partial charge in [0.1, 0.15) is 0 Å². The topological polar surface area (TPSA) is 139 Å². The lowest BCUT2D eigenvalue weighted by atomic mass is 10.1. The van der Waals surface area contributed by atoms with Crippen molar-refractivity contribution in [3.05, 3.63) is 57.0 Å². The number of piperazine rings is 1. The van der Waals surface area contributed by atoms with Gasteiger partial charge in [0.25, 0.3) is 11.8 Å². The van der Waals surface area contributed by atoms with Crippen molar-refractivity contribution in [2.24, 2.45) is 5.73 Å². The van der Waals surface area contributed by atoms with E-state index < -0.39 is 11.0 Å². The van der Waals surface area contributed by atoms with E-state index in [1.165, 1.54) is 12.1 Å². The molecule has 0 atom stereocenters. The Morgan fingerprint density at radius 1 is 0.964 bits per heavy atom. The van der Waals surface area contributed by atoms with Crippen molar-refractivity contribution in [2.75, 3.05) is 31.5 Å². The highest BCUT2D eigenvalue weighted by molar-refractivity contribution is 7.17. The van der Waals surface area contributed by atoms with Gasteiger partial charge < -0.3 is 20.9 Å². The Bertz CT molecular complexity index is 918. The fraction of sp³-hybridized carbons (Fsp3) is 0.235. The molecule has 2 aromatic rings. The van der Waals surface area contributed by atoms with Crippen molar-refractivity contribution in [1.82, 2.24) is 9.80 Å². The molecule has 4 amide bonds. The summed E-state index contributed by atoms with van der Waals surface area (Å²) in [6, 6.07) is 8.43. The van der Waals surface area contributed by atoms with Crippen LogP contribution in [0.5, 0.6) is 0 Å². The minimum Gasteiger partial charge on any atom is -0.351 e. The summed E-state index contributed by atoms with van der Waals surface area (Å²) in [5, 5.41) is 13.1. The first kappa shape index (κ1) is 19.3. The van der Waals surface area contributed by atoms with E-state index in [0.29, 0.717) is 42.3 Å². The van der Waals surface area contributed by atoms with Crippen LogP contribution in [0.25, 0.3) is 0 Å². The van der Waals surface area contributed by atoms with Gasteiger partial charge in [0, 0.05) is 43.5 Å². The van der Waals surface area contributed by atoms with Crippen LogP contribution < -0.4 is 11.1 Å². The summed E-state index contributed by atoms with van der Waals surface area (Å²) in [4.78, 5) is 49.7. The predicted molar refractivity (Wildman–Crippen MR) is 102 cm³/mol. The third kappa shape index (κ3) is 4.26. The second-order valence-corrected chi connectivity index (χ2v) is 7.11. The van der Waals surface area contributed by atoms with Gasteiger partial charge >= 0.3 is 11.0 Å². The lowest BCUT2D eigenvalue weighted by Gasteiger charge is -2.34. The van der Waals surface area contributed by atoms with Gasteiger partial charge in [-0.15, -0.1) is 0 Å². The number of nitrogens with zero attached hydrogens (tertiary/aromatic N) is 3. The number of nitro groups is 1. The standard InChI is InChI=1S/C17H17N5O5S/c18-17(25)19-12-3-1-11(2-4-12)15(23)20-7-9-21(10-8-20)16(24)13-5-6-14(28-13)22(26)27/h1-6H,7-10H2,(H3,18,19,25). The predicted octanol–water partition coefficient (Wildman–Crippen LogP) is 1.75. The van der Waals surface area contributed by atoms with Crippen LogP contribution in [0.4, 0.5) is 15.5 Å². The van der Waals surface area contributed by atoms with Crippen molar-refractivity contribution >= 4 is 39.9 Å². The molecule has 0 bridgehead atoms. The van der Waals surface area contributed by atoms with E-state index in [2.05, 4.69) is 5.32 Å². The largest absolute Gasteiger partial charge is 0.351 e. The van der Waals surface area contributed by atoms with E-state index >= 15 is 0 Å². The highest BCUT2D eigenvalue weighted by atomic mass is 32.1. The maximum absolute atomic E-state index is 12.6. The van der Waals surface area contributed by atoms with Gasteiger partial charge in [-0.2, -0.15) is 0 Å². The maximum atomic E-state index is 12.6. The summed E-state index contributed by atoms with van der Waals surface area (Å²) >= 11 is 0.843. The zero-order valence-electron chi connectivity index (χ0n) is 14.7. The third-order valence-electron chi connectivity index (χ3n) is 4.24. The first-order valence-electron chi connectivity index (χ1n) is 8.34. The molecule has 1 saturated heterocycles. The number of hydrogen-bond acceptors (Lipinski definition) is 6. The van der Waals surface area contributed by atoms with Gasteiger partial charge in [-0.1, -0.05) is 11.3 Å². The number of urea groups is 1. The van der Waals surface area contributed by atoms with E-state index in [1.807, 2.05) is 0 Å². The van der Waals surface area contributed by atoms with E-state index in [0.717, 1.165) is 11.3 Å². The summed E-state index contributed by atoms with van der Waals surface area (Å²) < 4.78 is 0. The molecule has 0 aliphatic carbocycles. The average molecular weight is 403 g/mol. The van der Waals surface area contributed by atoms with Crippen LogP contribution in [0.2, 0.25) is 0 Å². The summed E-state index contributed by atoms with van der Waals surface area (Å²) in [5.74, 6) is -0.448. The molecule has 146 valence electrons. The SMILES string of the molecule is NC(=O)Nc1ccc(C(=O)N2CCN(C(=O)c3ccc([N+](=O)[O-])s3)CC2)cc1. The van der Waals surface area contributed by atoms with Gasteiger partial charge in [-0.3, -0.25) is 19.7 Å². The molecular formula is C17H17N5O5S. The highest BCUT2D eigenvalue weighted by Gasteiger charge is 2.27. The number of amides is 4. The molecule has 3 N–H and O–H groups in total. The van der Waals surface area contributed by atoms with Crippen molar-refractivity contribution in [3.8, 4) is 0 Å². The third-order valence-corrected chi connectivity index (χ3v) is 5.26. The van der Waals surface area contributed by atoms with E-state index in [4.69, 9.17) is 5.73 Å². The normalized spacial score (nSPS) is 13.9. The number of hydrogen-bond donors (Lipinski definition) is 2. The van der Waals surface area contributed by atoms with Gasteiger partial charge in [0.15, 0.2) is 0 Å². The van der Waals surface area contributed by atoms with Crippen LogP contribution in [0.3, 0.4) is 0 Å². The van der Waals surface area contributed by atoms with Gasteiger partial charge in [0.2, 0.25) is 0 Å². The molecule has 1 aliphatic heterocycles. The van der Waals surface area contributed by atoms with Gasteiger partial charge in [0.05, 0.1) is 9.80 Å². The molecule has 10 nitrogen and oxygen atoms in total. The minimum absolute atomic E-state index is 0.0774. The molecule has 1 aliphatic rings. The number of anilines is 1.